The summed E-state index contributed by atoms with van der Waals surface area (Å²) in [6.45, 7) is 0. The van der Waals surface area contributed by atoms with Crippen molar-refractivity contribution in [3.8, 4) is 11.3 Å². The van der Waals surface area contributed by atoms with Gasteiger partial charge < -0.3 is 4.42 Å². The second kappa shape index (κ2) is 7.54. The molecular formula is C19H15Cl2NO3S3. The molecule has 9 heteroatoms. The Hall–Kier alpha value is -1.25. The van der Waals surface area contributed by atoms with E-state index in [9.17, 15) is 9.00 Å². The van der Waals surface area contributed by atoms with E-state index < -0.39 is 9.52 Å². The van der Waals surface area contributed by atoms with Crippen LogP contribution in [-0.2, 0) is 14.3 Å². The number of rotatable bonds is 3. The quantitative estimate of drug-likeness (QED) is 0.468. The monoisotopic (exact) mass is 471 g/mol. The molecule has 0 N–H and O–H groups in total. The molecule has 0 saturated carbocycles. The van der Waals surface area contributed by atoms with Gasteiger partial charge in [-0.3, -0.25) is 13.9 Å². The van der Waals surface area contributed by atoms with Gasteiger partial charge in [0.1, 0.15) is 15.8 Å². The van der Waals surface area contributed by atoms with Crippen LogP contribution in [0.15, 0.2) is 39.7 Å². The zero-order chi connectivity index (χ0) is 20.1. The van der Waals surface area contributed by atoms with E-state index in [2.05, 4.69) is 5.87 Å². The lowest BCUT2D eigenvalue weighted by Crippen LogP contribution is -2.39. The number of thiocarbonyl (C=S) groups is 1. The Labute approximate surface area is 182 Å². The molecule has 0 aliphatic carbocycles. The molecule has 0 spiro atoms. The highest BCUT2D eigenvalue weighted by atomic mass is 35.5. The van der Waals surface area contributed by atoms with Gasteiger partial charge in [-0.1, -0.05) is 53.2 Å². The van der Waals surface area contributed by atoms with E-state index in [0.29, 0.717) is 54.3 Å². The second-order valence-electron chi connectivity index (χ2n) is 6.63. The van der Waals surface area contributed by atoms with Gasteiger partial charge in [0.2, 0.25) is 0 Å². The minimum atomic E-state index is -2.12. The SMILES string of the molecule is C=S1(=O)CCC(N2C(=O)/C(=C/c3ccc(-c4cccc(Cl)c4Cl)o3)SC2=S)C1. The first-order valence-electron chi connectivity index (χ1n) is 8.39. The molecule has 28 heavy (non-hydrogen) atoms. The van der Waals surface area contributed by atoms with Crippen LogP contribution in [0.1, 0.15) is 12.2 Å². The molecular weight excluding hydrogens is 457 g/mol. The van der Waals surface area contributed by atoms with E-state index >= 15 is 0 Å². The van der Waals surface area contributed by atoms with Gasteiger partial charge in [-0.05, 0) is 46.1 Å². The number of nitrogens with zero attached hydrogens (tertiary/aromatic N) is 1. The van der Waals surface area contributed by atoms with E-state index in [1.54, 1.807) is 35.2 Å². The summed E-state index contributed by atoms with van der Waals surface area (Å²) in [4.78, 5) is 14.9. The van der Waals surface area contributed by atoms with Crippen LogP contribution in [0.2, 0.25) is 10.0 Å². The van der Waals surface area contributed by atoms with Crippen LogP contribution in [0.3, 0.4) is 0 Å². The van der Waals surface area contributed by atoms with Crippen molar-refractivity contribution in [3.63, 3.8) is 0 Å². The normalized spacial score (nSPS) is 26.6. The number of halogens is 2. The Morgan fingerprint density at radius 1 is 1.32 bits per heavy atom. The Morgan fingerprint density at radius 2 is 2.11 bits per heavy atom. The van der Waals surface area contributed by atoms with Crippen molar-refractivity contribution < 1.29 is 13.4 Å². The first-order chi connectivity index (χ1) is 13.2. The average molecular weight is 472 g/mol. The number of benzene rings is 1. The molecule has 4 nitrogen and oxygen atoms in total. The molecule has 1 aromatic carbocycles. The number of furan rings is 1. The van der Waals surface area contributed by atoms with Gasteiger partial charge in [-0.25, -0.2) is 0 Å². The summed E-state index contributed by atoms with van der Waals surface area (Å²) in [5, 5.41) is 0.853. The fourth-order valence-electron chi connectivity index (χ4n) is 3.26. The first-order valence-corrected chi connectivity index (χ1v) is 12.4. The lowest BCUT2D eigenvalue weighted by atomic mass is 10.2. The highest BCUT2D eigenvalue weighted by Gasteiger charge is 2.40. The van der Waals surface area contributed by atoms with Gasteiger partial charge in [-0.15, -0.1) is 0 Å². The van der Waals surface area contributed by atoms with Crippen molar-refractivity contribution >= 4 is 78.9 Å². The maximum absolute atomic E-state index is 12.8. The average Bonchev–Trinajstić information content (AvgIpc) is 3.29. The van der Waals surface area contributed by atoms with Gasteiger partial charge in [0.25, 0.3) is 5.91 Å². The molecule has 4 rings (SSSR count). The minimum Gasteiger partial charge on any atom is -0.457 e. The van der Waals surface area contributed by atoms with Crippen LogP contribution < -0.4 is 0 Å². The van der Waals surface area contributed by atoms with Gasteiger partial charge in [-0.2, -0.15) is 0 Å². The van der Waals surface area contributed by atoms with Crippen molar-refractivity contribution in [3.05, 3.63) is 51.0 Å². The Bertz CT molecular complexity index is 1120. The van der Waals surface area contributed by atoms with Crippen molar-refractivity contribution in [1.29, 1.82) is 0 Å². The fourth-order valence-corrected chi connectivity index (χ4v) is 6.92. The minimum absolute atomic E-state index is 0.152. The van der Waals surface area contributed by atoms with Gasteiger partial charge >= 0.3 is 0 Å². The summed E-state index contributed by atoms with van der Waals surface area (Å²) >= 11 is 18.9. The maximum Gasteiger partial charge on any atom is 0.266 e. The molecule has 0 bridgehead atoms. The molecule has 1 amide bonds. The molecule has 3 heterocycles. The van der Waals surface area contributed by atoms with E-state index in [1.807, 2.05) is 6.07 Å². The highest BCUT2D eigenvalue weighted by molar-refractivity contribution is 8.26. The Balaban J connectivity index is 1.59. The maximum atomic E-state index is 12.8. The number of carbonyl (C=O) groups excluding carboxylic acids is 1. The number of carbonyl (C=O) groups is 1. The van der Waals surface area contributed by atoms with Crippen LogP contribution in [0.4, 0.5) is 0 Å². The summed E-state index contributed by atoms with van der Waals surface area (Å²) in [6.07, 6.45) is 2.32. The number of hydrogen-bond acceptors (Lipinski definition) is 5. The number of amides is 1. The van der Waals surface area contributed by atoms with E-state index in [0.717, 1.165) is 0 Å². The molecule has 2 aromatic rings. The third-order valence-corrected chi connectivity index (χ3v) is 8.75. The smallest absolute Gasteiger partial charge is 0.266 e. The topological polar surface area (TPSA) is 50.5 Å². The van der Waals surface area contributed by atoms with Crippen LogP contribution >= 0.6 is 47.2 Å². The van der Waals surface area contributed by atoms with Crippen LogP contribution in [-0.4, -0.2) is 42.8 Å². The summed E-state index contributed by atoms with van der Waals surface area (Å²) in [5.74, 6) is 5.57. The lowest BCUT2D eigenvalue weighted by molar-refractivity contribution is -0.123. The Kier molecular flexibility index (Phi) is 5.39. The van der Waals surface area contributed by atoms with Crippen molar-refractivity contribution in [2.45, 2.75) is 12.5 Å². The molecule has 2 atom stereocenters. The lowest BCUT2D eigenvalue weighted by Gasteiger charge is -2.21. The molecule has 2 saturated heterocycles. The summed E-state index contributed by atoms with van der Waals surface area (Å²) in [6, 6.07) is 8.69. The molecule has 0 radical (unpaired) electrons. The standard InChI is InChI=1S/C19H15Cl2NO3S3/c1-28(24)8-7-11(10-28)22-18(23)16(27-19(22)26)9-12-5-6-15(25-12)13-3-2-4-14(20)17(13)21/h2-6,9,11H,1,7-8,10H2/b16-9-. The van der Waals surface area contributed by atoms with E-state index in [1.165, 1.54) is 11.8 Å². The molecule has 1 aromatic heterocycles. The zero-order valence-corrected chi connectivity index (χ0v) is 18.5. The summed E-state index contributed by atoms with van der Waals surface area (Å²) < 4.78 is 18.5. The second-order valence-corrected chi connectivity index (χ2v) is 11.8. The summed E-state index contributed by atoms with van der Waals surface area (Å²) in [5.41, 5.74) is 0.678. The van der Waals surface area contributed by atoms with Crippen LogP contribution in [0.25, 0.3) is 17.4 Å². The predicted octanol–water partition coefficient (Wildman–Crippen LogP) is 4.94. The first kappa shape index (κ1) is 20.0. The van der Waals surface area contributed by atoms with Crippen LogP contribution in [0.5, 0.6) is 0 Å². The highest BCUT2D eigenvalue weighted by Crippen LogP contribution is 2.38. The van der Waals surface area contributed by atoms with Gasteiger partial charge in [0.15, 0.2) is 0 Å². The van der Waals surface area contributed by atoms with Gasteiger partial charge in [0.05, 0.1) is 21.0 Å². The number of hydrogen-bond donors (Lipinski definition) is 0. The van der Waals surface area contributed by atoms with Crippen LogP contribution in [0, 0.1) is 0 Å². The Morgan fingerprint density at radius 3 is 2.82 bits per heavy atom. The predicted molar refractivity (Wildman–Crippen MR) is 123 cm³/mol. The molecule has 2 fully saturated rings. The fraction of sp³-hybridized carbons (Fsp3) is 0.211. The van der Waals surface area contributed by atoms with Crippen molar-refractivity contribution in [2.24, 2.45) is 0 Å². The molecule has 146 valence electrons. The zero-order valence-electron chi connectivity index (χ0n) is 14.5. The number of thioether (sulfide) groups is 1. The third kappa shape index (κ3) is 3.78. The molecule has 2 aliphatic heterocycles. The summed E-state index contributed by atoms with van der Waals surface area (Å²) in [7, 11) is -2.12. The van der Waals surface area contributed by atoms with E-state index in [4.69, 9.17) is 39.8 Å². The largest absolute Gasteiger partial charge is 0.457 e. The molecule has 2 unspecified atom stereocenters. The van der Waals surface area contributed by atoms with Gasteiger partial charge in [0, 0.05) is 23.1 Å². The van der Waals surface area contributed by atoms with E-state index in [-0.39, 0.29) is 11.9 Å². The van der Waals surface area contributed by atoms with Crippen molar-refractivity contribution in [1.82, 2.24) is 4.90 Å². The van der Waals surface area contributed by atoms with Crippen molar-refractivity contribution in [2.75, 3.05) is 11.5 Å². The molecule has 2 aliphatic rings. The third-order valence-electron chi connectivity index (χ3n) is 4.63.